The molecule has 0 heterocycles. The van der Waals surface area contributed by atoms with Gasteiger partial charge in [-0.2, -0.15) is 0 Å². The molecule has 46 valence electrons. The van der Waals surface area contributed by atoms with Crippen molar-refractivity contribution in [3.63, 3.8) is 0 Å². The Morgan fingerprint density at radius 3 is 2.00 bits per heavy atom. The van der Waals surface area contributed by atoms with Gasteiger partial charge in [0.25, 0.3) is 0 Å². The van der Waals surface area contributed by atoms with E-state index >= 15 is 0 Å². The van der Waals surface area contributed by atoms with Crippen LogP contribution >= 0.6 is 0 Å². The molecule has 0 aliphatic carbocycles. The van der Waals surface area contributed by atoms with Crippen LogP contribution in [-0.2, 0) is 4.79 Å². The zero-order valence-corrected chi connectivity index (χ0v) is 5.64. The summed E-state index contributed by atoms with van der Waals surface area (Å²) in [6, 6.07) is 0. The number of aldehydes is 1. The van der Waals surface area contributed by atoms with Crippen molar-refractivity contribution in [2.24, 2.45) is 5.41 Å². The van der Waals surface area contributed by atoms with Crippen LogP contribution < -0.4 is 0 Å². The molecule has 1 heteroatoms. The minimum Gasteiger partial charge on any atom is -0.302 e. The number of hydrogen-bond donors (Lipinski definition) is 0. The molecule has 0 spiro atoms. The summed E-state index contributed by atoms with van der Waals surface area (Å²) in [6.07, 6.45) is 4.70. The highest BCUT2D eigenvalue weighted by molar-refractivity contribution is 5.60. The van der Waals surface area contributed by atoms with Crippen LogP contribution in [0, 0.1) is 5.41 Å². The molecule has 0 aliphatic heterocycles. The third-order valence-corrected chi connectivity index (χ3v) is 0.900. The highest BCUT2D eigenvalue weighted by Crippen LogP contribution is 2.11. The summed E-state index contributed by atoms with van der Waals surface area (Å²) >= 11 is 0. The van der Waals surface area contributed by atoms with Gasteiger partial charge in [0, 0.05) is 5.41 Å². The van der Waals surface area contributed by atoms with Gasteiger partial charge in [0.15, 0.2) is 0 Å². The maximum Gasteiger partial charge on any atom is 0.129 e. The van der Waals surface area contributed by atoms with Gasteiger partial charge in [-0.1, -0.05) is 12.2 Å². The Labute approximate surface area is 50.4 Å². The van der Waals surface area contributed by atoms with Crippen LogP contribution in [0.3, 0.4) is 0 Å². The van der Waals surface area contributed by atoms with Crippen LogP contribution in [0.1, 0.15) is 20.8 Å². The third kappa shape index (κ3) is 2.56. The number of carbonyl (C=O) groups excluding carboxylic acids is 1. The zero-order valence-electron chi connectivity index (χ0n) is 5.64. The molecule has 0 atom stereocenters. The Balaban J connectivity index is 3.90. The lowest BCUT2D eigenvalue weighted by atomic mass is 9.96. The second-order valence-electron chi connectivity index (χ2n) is 2.44. The van der Waals surface area contributed by atoms with E-state index in [0.29, 0.717) is 0 Å². The summed E-state index contributed by atoms with van der Waals surface area (Å²) in [5.41, 5.74) is -0.269. The van der Waals surface area contributed by atoms with E-state index in [1.54, 1.807) is 0 Å². The number of rotatable bonds is 2. The van der Waals surface area contributed by atoms with Crippen molar-refractivity contribution >= 4 is 6.29 Å². The fourth-order valence-electron chi connectivity index (χ4n) is 0.469. The van der Waals surface area contributed by atoms with E-state index in [1.165, 1.54) is 0 Å². The summed E-state index contributed by atoms with van der Waals surface area (Å²) in [6.45, 7) is 5.66. The van der Waals surface area contributed by atoms with E-state index in [9.17, 15) is 4.79 Å². The predicted molar refractivity (Wildman–Crippen MR) is 34.7 cm³/mol. The largest absolute Gasteiger partial charge is 0.302 e. The third-order valence-electron chi connectivity index (χ3n) is 0.900. The molecule has 0 fully saturated rings. The summed E-state index contributed by atoms with van der Waals surface area (Å²) in [7, 11) is 0. The molecule has 0 saturated carbocycles. The van der Waals surface area contributed by atoms with E-state index in [2.05, 4.69) is 0 Å². The second kappa shape index (κ2) is 2.65. The minimum absolute atomic E-state index is 0.269. The number of allylic oxidation sites excluding steroid dienone is 2. The first kappa shape index (κ1) is 7.41. The molecule has 8 heavy (non-hydrogen) atoms. The average Bonchev–Trinajstić information content (AvgIpc) is 1.67. The molecule has 0 amide bonds. The topological polar surface area (TPSA) is 17.1 Å². The van der Waals surface area contributed by atoms with E-state index in [1.807, 2.05) is 32.9 Å². The van der Waals surface area contributed by atoms with Crippen molar-refractivity contribution in [2.75, 3.05) is 0 Å². The Kier molecular flexibility index (Phi) is 2.46. The van der Waals surface area contributed by atoms with E-state index in [-0.39, 0.29) is 5.41 Å². The molecule has 1 nitrogen and oxygen atoms in total. The lowest BCUT2D eigenvalue weighted by Gasteiger charge is -2.07. The molecule has 0 unspecified atom stereocenters. The highest BCUT2D eigenvalue weighted by Gasteiger charge is 2.09. The summed E-state index contributed by atoms with van der Waals surface area (Å²) < 4.78 is 0. The van der Waals surface area contributed by atoms with Crippen LogP contribution in [0.15, 0.2) is 12.2 Å². The molecular formula is C7H12O. The van der Waals surface area contributed by atoms with Crippen molar-refractivity contribution in [2.45, 2.75) is 20.8 Å². The molecular weight excluding hydrogens is 100 g/mol. The van der Waals surface area contributed by atoms with E-state index < -0.39 is 0 Å². The average molecular weight is 112 g/mol. The fraction of sp³-hybridized carbons (Fsp3) is 0.571. The first-order chi connectivity index (χ1) is 3.62. The number of hydrogen-bond acceptors (Lipinski definition) is 1. The maximum atomic E-state index is 10.2. The molecule has 0 N–H and O–H groups in total. The molecule has 0 radical (unpaired) electrons. The van der Waals surface area contributed by atoms with Crippen molar-refractivity contribution in [1.29, 1.82) is 0 Å². The Bertz CT molecular complexity index is 101. The summed E-state index contributed by atoms with van der Waals surface area (Å²) in [5.74, 6) is 0. The monoisotopic (exact) mass is 112 g/mol. The SMILES string of the molecule is CC=CC(C)(C)C=O. The van der Waals surface area contributed by atoms with Crippen LogP contribution in [-0.4, -0.2) is 6.29 Å². The maximum absolute atomic E-state index is 10.2. The lowest BCUT2D eigenvalue weighted by Crippen LogP contribution is -2.07. The van der Waals surface area contributed by atoms with Crippen molar-refractivity contribution in [1.82, 2.24) is 0 Å². The van der Waals surface area contributed by atoms with Crippen LogP contribution in [0.2, 0.25) is 0 Å². The first-order valence-corrected chi connectivity index (χ1v) is 2.72. The van der Waals surface area contributed by atoms with Gasteiger partial charge in [-0.3, -0.25) is 0 Å². The van der Waals surface area contributed by atoms with Crippen molar-refractivity contribution in [3.8, 4) is 0 Å². The molecule has 0 aliphatic rings. The van der Waals surface area contributed by atoms with Gasteiger partial charge >= 0.3 is 0 Å². The highest BCUT2D eigenvalue weighted by atomic mass is 16.1. The van der Waals surface area contributed by atoms with Crippen LogP contribution in [0.4, 0.5) is 0 Å². The van der Waals surface area contributed by atoms with Crippen molar-refractivity contribution in [3.05, 3.63) is 12.2 Å². The lowest BCUT2D eigenvalue weighted by molar-refractivity contribution is -0.112. The van der Waals surface area contributed by atoms with Gasteiger partial charge in [-0.25, -0.2) is 0 Å². The second-order valence-corrected chi connectivity index (χ2v) is 2.44. The van der Waals surface area contributed by atoms with Crippen molar-refractivity contribution < 1.29 is 4.79 Å². The van der Waals surface area contributed by atoms with Crippen LogP contribution in [0.5, 0.6) is 0 Å². The van der Waals surface area contributed by atoms with Gasteiger partial charge in [0.05, 0.1) is 0 Å². The minimum atomic E-state index is -0.269. The Morgan fingerprint density at radius 1 is 1.38 bits per heavy atom. The normalized spacial score (nSPS) is 12.4. The van der Waals surface area contributed by atoms with E-state index in [0.717, 1.165) is 6.29 Å². The van der Waals surface area contributed by atoms with Crippen LogP contribution in [0.25, 0.3) is 0 Å². The van der Waals surface area contributed by atoms with Gasteiger partial charge < -0.3 is 4.79 Å². The van der Waals surface area contributed by atoms with Gasteiger partial charge in [0.1, 0.15) is 6.29 Å². The first-order valence-electron chi connectivity index (χ1n) is 2.72. The zero-order chi connectivity index (χ0) is 6.62. The Hall–Kier alpha value is -0.590. The molecule has 0 aromatic heterocycles. The van der Waals surface area contributed by atoms with Gasteiger partial charge in [0.2, 0.25) is 0 Å². The smallest absolute Gasteiger partial charge is 0.129 e. The molecule has 0 aromatic carbocycles. The number of carbonyl (C=O) groups is 1. The van der Waals surface area contributed by atoms with Gasteiger partial charge in [-0.05, 0) is 20.8 Å². The molecule has 0 aromatic rings. The predicted octanol–water partition coefficient (Wildman–Crippen LogP) is 1.79. The Morgan fingerprint density at radius 2 is 1.88 bits per heavy atom. The molecule has 0 rings (SSSR count). The quantitative estimate of drug-likeness (QED) is 0.393. The fourth-order valence-corrected chi connectivity index (χ4v) is 0.469. The van der Waals surface area contributed by atoms with Gasteiger partial charge in [-0.15, -0.1) is 0 Å². The molecule has 0 bridgehead atoms. The molecule has 0 saturated heterocycles. The summed E-state index contributed by atoms with van der Waals surface area (Å²) in [4.78, 5) is 10.2. The summed E-state index contributed by atoms with van der Waals surface area (Å²) in [5, 5.41) is 0. The van der Waals surface area contributed by atoms with E-state index in [4.69, 9.17) is 0 Å². The standard InChI is InChI=1S/C7H12O/c1-4-5-7(2,3)6-8/h4-6H,1-3H3.